The van der Waals surface area contributed by atoms with Crippen molar-refractivity contribution in [2.45, 2.75) is 20.3 Å². The minimum atomic E-state index is 0.370. The van der Waals surface area contributed by atoms with E-state index in [1.807, 2.05) is 0 Å². The molecule has 0 nitrogen and oxygen atoms in total. The van der Waals surface area contributed by atoms with Gasteiger partial charge in [-0.15, -0.1) is 0 Å². The minimum Gasteiger partial charge on any atom is -0.0919 e. The van der Waals surface area contributed by atoms with Crippen LogP contribution in [0.25, 0.3) is 0 Å². The number of hydrogen-bond donors (Lipinski definition) is 0. The van der Waals surface area contributed by atoms with Crippen LogP contribution in [0.15, 0.2) is 23.8 Å². The van der Waals surface area contributed by atoms with E-state index in [9.17, 15) is 0 Å². The van der Waals surface area contributed by atoms with E-state index < -0.39 is 0 Å². The van der Waals surface area contributed by atoms with E-state index >= 15 is 0 Å². The van der Waals surface area contributed by atoms with E-state index in [-0.39, 0.29) is 0 Å². The van der Waals surface area contributed by atoms with Crippen molar-refractivity contribution in [3.63, 3.8) is 0 Å². The molecular weight excluding hydrogens is 188 g/mol. The summed E-state index contributed by atoms with van der Waals surface area (Å²) in [6, 6.07) is 0. The van der Waals surface area contributed by atoms with Crippen LogP contribution in [0.4, 0.5) is 0 Å². The van der Waals surface area contributed by atoms with Gasteiger partial charge >= 0.3 is 0 Å². The molecule has 0 aromatic heterocycles. The lowest BCUT2D eigenvalue weighted by atomic mass is 9.79. The topological polar surface area (TPSA) is 0 Å². The average Bonchev–Trinajstić information content (AvgIpc) is 1.96. The van der Waals surface area contributed by atoms with Gasteiger partial charge in [0, 0.05) is 10.7 Å². The van der Waals surface area contributed by atoms with E-state index in [0.29, 0.717) is 5.41 Å². The smallest absolute Gasteiger partial charge is 0.0126 e. The van der Waals surface area contributed by atoms with Crippen molar-refractivity contribution in [3.05, 3.63) is 23.8 Å². The van der Waals surface area contributed by atoms with E-state index in [1.165, 1.54) is 12.0 Å². The van der Waals surface area contributed by atoms with Crippen molar-refractivity contribution in [1.29, 1.82) is 0 Å². The first-order valence-corrected chi connectivity index (χ1v) is 4.71. The van der Waals surface area contributed by atoms with Crippen molar-refractivity contribution >= 4 is 15.9 Å². The molecule has 1 heteroatoms. The van der Waals surface area contributed by atoms with E-state index in [4.69, 9.17) is 0 Å². The van der Waals surface area contributed by atoms with Crippen LogP contribution in [-0.4, -0.2) is 5.33 Å². The molecule has 0 saturated heterocycles. The fourth-order valence-corrected chi connectivity index (χ4v) is 1.73. The van der Waals surface area contributed by atoms with Gasteiger partial charge in [0.05, 0.1) is 0 Å². The van der Waals surface area contributed by atoms with Crippen LogP contribution >= 0.6 is 15.9 Å². The Morgan fingerprint density at radius 2 is 2.40 bits per heavy atom. The predicted octanol–water partition coefficient (Wildman–Crippen LogP) is 3.29. The molecule has 0 fully saturated rings. The van der Waals surface area contributed by atoms with Crippen LogP contribution in [0.2, 0.25) is 0 Å². The molecule has 0 saturated carbocycles. The van der Waals surface area contributed by atoms with E-state index in [0.717, 1.165) is 5.33 Å². The summed E-state index contributed by atoms with van der Waals surface area (Å²) in [5.41, 5.74) is 1.85. The monoisotopic (exact) mass is 200 g/mol. The highest BCUT2D eigenvalue weighted by Gasteiger charge is 2.24. The number of rotatable bonds is 1. The summed E-state index contributed by atoms with van der Waals surface area (Å²) in [7, 11) is 0. The standard InChI is InChI=1S/C9H13Br/c1-8-5-3-4-6-9(8,2)7-10/h3-5H,6-7H2,1-2H3. The maximum Gasteiger partial charge on any atom is 0.0126 e. The third-order valence-corrected chi connectivity index (χ3v) is 3.54. The second-order valence-corrected chi connectivity index (χ2v) is 3.74. The lowest BCUT2D eigenvalue weighted by Crippen LogP contribution is -2.20. The molecule has 1 rings (SSSR count). The fourth-order valence-electron chi connectivity index (χ4n) is 1.06. The largest absolute Gasteiger partial charge is 0.0919 e. The van der Waals surface area contributed by atoms with Gasteiger partial charge in [0.15, 0.2) is 0 Å². The first-order valence-electron chi connectivity index (χ1n) is 3.59. The molecule has 0 spiro atoms. The molecule has 0 bridgehead atoms. The normalized spacial score (nSPS) is 32.1. The highest BCUT2D eigenvalue weighted by molar-refractivity contribution is 9.09. The zero-order valence-corrected chi connectivity index (χ0v) is 8.11. The third kappa shape index (κ3) is 1.34. The lowest BCUT2D eigenvalue weighted by Gasteiger charge is -2.29. The molecule has 0 aromatic rings. The van der Waals surface area contributed by atoms with Crippen LogP contribution in [0, 0.1) is 5.41 Å². The first kappa shape index (κ1) is 8.06. The SMILES string of the molecule is CC1=CC=CCC1(C)CBr. The van der Waals surface area contributed by atoms with Gasteiger partial charge in [-0.05, 0) is 13.3 Å². The average molecular weight is 201 g/mol. The Hall–Kier alpha value is -0.0400. The minimum absolute atomic E-state index is 0.370. The van der Waals surface area contributed by atoms with Crippen molar-refractivity contribution in [1.82, 2.24) is 0 Å². The molecular formula is C9H13Br. The van der Waals surface area contributed by atoms with Crippen LogP contribution in [-0.2, 0) is 0 Å². The molecule has 1 aliphatic rings. The Kier molecular flexibility index (Phi) is 2.35. The Labute approximate surface area is 71.1 Å². The van der Waals surface area contributed by atoms with Gasteiger partial charge in [-0.3, -0.25) is 0 Å². The van der Waals surface area contributed by atoms with Gasteiger partial charge in [0.1, 0.15) is 0 Å². The van der Waals surface area contributed by atoms with Crippen LogP contribution in [0.5, 0.6) is 0 Å². The summed E-state index contributed by atoms with van der Waals surface area (Å²) >= 11 is 3.53. The van der Waals surface area contributed by atoms with Crippen molar-refractivity contribution in [3.8, 4) is 0 Å². The second-order valence-electron chi connectivity index (χ2n) is 3.18. The number of alkyl halides is 1. The third-order valence-electron chi connectivity index (χ3n) is 2.30. The summed E-state index contributed by atoms with van der Waals surface area (Å²) < 4.78 is 0. The Balaban J connectivity index is 2.81. The zero-order chi connectivity index (χ0) is 7.61. The molecule has 10 heavy (non-hydrogen) atoms. The molecule has 1 unspecified atom stereocenters. The summed E-state index contributed by atoms with van der Waals surface area (Å²) in [6.07, 6.45) is 7.74. The Morgan fingerprint density at radius 3 is 2.80 bits per heavy atom. The van der Waals surface area contributed by atoms with Crippen molar-refractivity contribution in [2.24, 2.45) is 5.41 Å². The van der Waals surface area contributed by atoms with E-state index in [1.54, 1.807) is 0 Å². The number of allylic oxidation sites excluding steroid dienone is 4. The molecule has 0 aliphatic heterocycles. The molecule has 1 aliphatic carbocycles. The van der Waals surface area contributed by atoms with Gasteiger partial charge in [0.25, 0.3) is 0 Å². The van der Waals surface area contributed by atoms with Crippen LogP contribution in [0.1, 0.15) is 20.3 Å². The predicted molar refractivity (Wildman–Crippen MR) is 49.4 cm³/mol. The second kappa shape index (κ2) is 2.91. The molecule has 0 N–H and O–H groups in total. The zero-order valence-electron chi connectivity index (χ0n) is 6.52. The van der Waals surface area contributed by atoms with Gasteiger partial charge in [-0.2, -0.15) is 0 Å². The Bertz CT molecular complexity index is 179. The Morgan fingerprint density at radius 1 is 1.70 bits per heavy atom. The summed E-state index contributed by atoms with van der Waals surface area (Å²) in [5, 5.41) is 1.06. The highest BCUT2D eigenvalue weighted by Crippen LogP contribution is 2.35. The molecule has 0 radical (unpaired) electrons. The van der Waals surface area contributed by atoms with Gasteiger partial charge < -0.3 is 0 Å². The van der Waals surface area contributed by atoms with Gasteiger partial charge in [-0.1, -0.05) is 46.7 Å². The molecule has 1 atom stereocenters. The van der Waals surface area contributed by atoms with Gasteiger partial charge in [0.2, 0.25) is 0 Å². The van der Waals surface area contributed by atoms with Crippen LogP contribution in [0.3, 0.4) is 0 Å². The lowest BCUT2D eigenvalue weighted by molar-refractivity contribution is 0.463. The summed E-state index contributed by atoms with van der Waals surface area (Å²) in [6.45, 7) is 4.49. The maximum atomic E-state index is 3.53. The summed E-state index contributed by atoms with van der Waals surface area (Å²) in [4.78, 5) is 0. The number of halogens is 1. The van der Waals surface area contributed by atoms with Crippen molar-refractivity contribution < 1.29 is 0 Å². The quantitative estimate of drug-likeness (QED) is 0.571. The molecule has 0 amide bonds. The first-order chi connectivity index (χ1) is 4.69. The molecule has 0 aromatic carbocycles. The summed E-state index contributed by atoms with van der Waals surface area (Å²) in [5.74, 6) is 0. The van der Waals surface area contributed by atoms with Crippen LogP contribution < -0.4 is 0 Å². The van der Waals surface area contributed by atoms with Gasteiger partial charge in [-0.25, -0.2) is 0 Å². The maximum absolute atomic E-state index is 3.53. The molecule has 0 heterocycles. The fraction of sp³-hybridized carbons (Fsp3) is 0.556. The van der Waals surface area contributed by atoms with E-state index in [2.05, 4.69) is 48.0 Å². The molecule has 56 valence electrons. The van der Waals surface area contributed by atoms with Crippen molar-refractivity contribution in [2.75, 3.05) is 5.33 Å². The number of hydrogen-bond acceptors (Lipinski definition) is 0. The highest BCUT2D eigenvalue weighted by atomic mass is 79.9.